The highest BCUT2D eigenvalue weighted by Crippen LogP contribution is 2.23. The molecule has 1 heterocycles. The number of rotatable bonds is 2. The van der Waals surface area contributed by atoms with Gasteiger partial charge in [0.05, 0.1) is 22.3 Å². The summed E-state index contributed by atoms with van der Waals surface area (Å²) in [5.74, 6) is -4.01. The second kappa shape index (κ2) is 4.78. The standard InChI is InChI=1S/C12H5ClF3NO/c13-7-2-1-3-8(14)11(7)12(18)6-4-10(16)17-5-9(6)15/h1-5H. The van der Waals surface area contributed by atoms with Crippen molar-refractivity contribution in [2.75, 3.05) is 0 Å². The molecular weight excluding hydrogens is 267 g/mol. The van der Waals surface area contributed by atoms with Gasteiger partial charge in [-0.1, -0.05) is 17.7 Å². The minimum absolute atomic E-state index is 0.170. The van der Waals surface area contributed by atoms with E-state index < -0.39 is 34.5 Å². The average molecular weight is 272 g/mol. The molecule has 0 unspecified atom stereocenters. The summed E-state index contributed by atoms with van der Waals surface area (Å²) in [6, 6.07) is 4.19. The second-order valence-electron chi connectivity index (χ2n) is 3.41. The smallest absolute Gasteiger partial charge is 0.213 e. The first-order valence-corrected chi connectivity index (χ1v) is 5.18. The minimum Gasteiger partial charge on any atom is -0.288 e. The molecule has 0 aliphatic rings. The number of pyridine rings is 1. The van der Waals surface area contributed by atoms with Crippen LogP contribution in [0.2, 0.25) is 5.02 Å². The molecular formula is C12H5ClF3NO. The molecule has 92 valence electrons. The van der Waals surface area contributed by atoms with Crippen molar-refractivity contribution in [2.24, 2.45) is 0 Å². The molecule has 2 nitrogen and oxygen atoms in total. The van der Waals surface area contributed by atoms with Gasteiger partial charge in [-0.2, -0.15) is 4.39 Å². The van der Waals surface area contributed by atoms with Gasteiger partial charge in [-0.25, -0.2) is 13.8 Å². The lowest BCUT2D eigenvalue weighted by atomic mass is 10.0. The van der Waals surface area contributed by atoms with Gasteiger partial charge in [-0.15, -0.1) is 0 Å². The number of carbonyl (C=O) groups excluding carboxylic acids is 1. The summed E-state index contributed by atoms with van der Waals surface area (Å²) in [5.41, 5.74) is -1.11. The van der Waals surface area contributed by atoms with Crippen LogP contribution in [0.3, 0.4) is 0 Å². The number of benzene rings is 1. The van der Waals surface area contributed by atoms with Gasteiger partial charge < -0.3 is 0 Å². The fraction of sp³-hybridized carbons (Fsp3) is 0. The van der Waals surface area contributed by atoms with Crippen LogP contribution in [-0.2, 0) is 0 Å². The zero-order valence-electron chi connectivity index (χ0n) is 8.75. The van der Waals surface area contributed by atoms with Crippen LogP contribution in [0.4, 0.5) is 13.2 Å². The number of hydrogen-bond acceptors (Lipinski definition) is 2. The normalized spacial score (nSPS) is 10.4. The molecule has 0 aliphatic carbocycles. The number of halogens is 4. The van der Waals surface area contributed by atoms with Crippen LogP contribution < -0.4 is 0 Å². The van der Waals surface area contributed by atoms with E-state index in [0.717, 1.165) is 6.07 Å². The lowest BCUT2D eigenvalue weighted by molar-refractivity contribution is 0.103. The van der Waals surface area contributed by atoms with Crippen molar-refractivity contribution in [1.29, 1.82) is 0 Å². The molecule has 0 radical (unpaired) electrons. The summed E-state index contributed by atoms with van der Waals surface area (Å²) in [4.78, 5) is 14.9. The molecule has 0 saturated carbocycles. The van der Waals surface area contributed by atoms with Crippen molar-refractivity contribution < 1.29 is 18.0 Å². The maximum absolute atomic E-state index is 13.5. The highest BCUT2D eigenvalue weighted by atomic mass is 35.5. The first-order chi connectivity index (χ1) is 8.50. The molecule has 0 saturated heterocycles. The Hall–Kier alpha value is -1.88. The van der Waals surface area contributed by atoms with E-state index in [0.29, 0.717) is 12.3 Å². The molecule has 0 aliphatic heterocycles. The molecule has 0 bridgehead atoms. The van der Waals surface area contributed by atoms with Crippen molar-refractivity contribution in [3.63, 3.8) is 0 Å². The Balaban J connectivity index is 2.58. The Morgan fingerprint density at radius 2 is 1.89 bits per heavy atom. The minimum atomic E-state index is -1.04. The predicted octanol–water partition coefficient (Wildman–Crippen LogP) is 3.38. The molecule has 1 aromatic heterocycles. The van der Waals surface area contributed by atoms with Gasteiger partial charge in [0.25, 0.3) is 0 Å². The largest absolute Gasteiger partial charge is 0.288 e. The van der Waals surface area contributed by atoms with E-state index in [1.807, 2.05) is 0 Å². The van der Waals surface area contributed by atoms with Crippen LogP contribution in [0, 0.1) is 17.6 Å². The summed E-state index contributed by atoms with van der Waals surface area (Å²) in [6.45, 7) is 0. The SMILES string of the molecule is O=C(c1cc(F)ncc1F)c1c(F)cccc1Cl. The van der Waals surface area contributed by atoms with E-state index >= 15 is 0 Å². The van der Waals surface area contributed by atoms with Gasteiger partial charge in [-0.3, -0.25) is 4.79 Å². The van der Waals surface area contributed by atoms with Crippen LogP contribution in [0.25, 0.3) is 0 Å². The van der Waals surface area contributed by atoms with Crippen LogP contribution in [-0.4, -0.2) is 10.8 Å². The van der Waals surface area contributed by atoms with Gasteiger partial charge in [-0.05, 0) is 12.1 Å². The quantitative estimate of drug-likeness (QED) is 0.619. The second-order valence-corrected chi connectivity index (χ2v) is 3.82. The Bertz CT molecular complexity index is 610. The predicted molar refractivity (Wildman–Crippen MR) is 59.0 cm³/mol. The summed E-state index contributed by atoms with van der Waals surface area (Å²) >= 11 is 5.67. The highest BCUT2D eigenvalue weighted by molar-refractivity contribution is 6.35. The molecule has 0 atom stereocenters. The summed E-state index contributed by atoms with van der Waals surface area (Å²) in [5, 5.41) is -0.170. The van der Waals surface area contributed by atoms with Crippen molar-refractivity contribution in [3.8, 4) is 0 Å². The number of nitrogens with zero attached hydrogens (tertiary/aromatic N) is 1. The zero-order chi connectivity index (χ0) is 13.3. The van der Waals surface area contributed by atoms with Crippen molar-refractivity contribution in [2.45, 2.75) is 0 Å². The fourth-order valence-electron chi connectivity index (χ4n) is 1.44. The topological polar surface area (TPSA) is 30.0 Å². The Morgan fingerprint density at radius 3 is 2.56 bits per heavy atom. The van der Waals surface area contributed by atoms with Gasteiger partial charge in [0, 0.05) is 6.07 Å². The first-order valence-electron chi connectivity index (χ1n) is 4.80. The summed E-state index contributed by atoms with van der Waals surface area (Å²) in [6.07, 6.45) is 0.553. The molecule has 18 heavy (non-hydrogen) atoms. The Morgan fingerprint density at radius 1 is 1.17 bits per heavy atom. The van der Waals surface area contributed by atoms with Gasteiger partial charge >= 0.3 is 0 Å². The summed E-state index contributed by atoms with van der Waals surface area (Å²) in [7, 11) is 0. The van der Waals surface area contributed by atoms with Gasteiger partial charge in [0.15, 0.2) is 5.82 Å². The van der Waals surface area contributed by atoms with Crippen molar-refractivity contribution in [1.82, 2.24) is 4.98 Å². The monoisotopic (exact) mass is 271 g/mol. The van der Waals surface area contributed by atoms with E-state index in [1.165, 1.54) is 12.1 Å². The maximum atomic E-state index is 13.5. The van der Waals surface area contributed by atoms with Crippen LogP contribution in [0.1, 0.15) is 15.9 Å². The lowest BCUT2D eigenvalue weighted by Gasteiger charge is -2.05. The van der Waals surface area contributed by atoms with Crippen molar-refractivity contribution >= 4 is 17.4 Å². The molecule has 0 spiro atoms. The van der Waals surface area contributed by atoms with Crippen molar-refractivity contribution in [3.05, 3.63) is 64.2 Å². The van der Waals surface area contributed by atoms with Crippen LogP contribution in [0.15, 0.2) is 30.5 Å². The van der Waals surface area contributed by atoms with E-state index in [4.69, 9.17) is 11.6 Å². The highest BCUT2D eigenvalue weighted by Gasteiger charge is 2.21. The fourth-order valence-corrected chi connectivity index (χ4v) is 1.69. The van der Waals surface area contributed by atoms with E-state index in [2.05, 4.69) is 4.98 Å². The summed E-state index contributed by atoms with van der Waals surface area (Å²) < 4.78 is 39.7. The average Bonchev–Trinajstić information content (AvgIpc) is 2.32. The van der Waals surface area contributed by atoms with E-state index in [-0.39, 0.29) is 5.02 Å². The number of aromatic nitrogens is 1. The Kier molecular flexibility index (Phi) is 3.34. The third-order valence-corrected chi connectivity index (χ3v) is 2.57. The third kappa shape index (κ3) is 2.22. The van der Waals surface area contributed by atoms with Gasteiger partial charge in [0.1, 0.15) is 5.82 Å². The molecule has 0 N–H and O–H groups in total. The Labute approximate surface area is 105 Å². The van der Waals surface area contributed by atoms with E-state index in [1.54, 1.807) is 0 Å². The zero-order valence-corrected chi connectivity index (χ0v) is 9.51. The molecule has 0 amide bonds. The molecule has 2 rings (SSSR count). The van der Waals surface area contributed by atoms with Gasteiger partial charge in [0.2, 0.25) is 11.7 Å². The third-order valence-electron chi connectivity index (χ3n) is 2.26. The lowest BCUT2D eigenvalue weighted by Crippen LogP contribution is -2.09. The number of hydrogen-bond donors (Lipinski definition) is 0. The molecule has 0 fully saturated rings. The molecule has 6 heteroatoms. The van der Waals surface area contributed by atoms with Crippen LogP contribution in [0.5, 0.6) is 0 Å². The first kappa shape index (κ1) is 12.6. The van der Waals surface area contributed by atoms with E-state index in [9.17, 15) is 18.0 Å². The number of ketones is 1. The maximum Gasteiger partial charge on any atom is 0.213 e. The molecule has 2 aromatic rings. The van der Waals surface area contributed by atoms with Crippen LogP contribution >= 0.6 is 11.6 Å². The number of carbonyl (C=O) groups is 1. The molecule has 1 aromatic carbocycles.